The fourth-order valence-electron chi connectivity index (χ4n) is 2.90. The molecule has 0 aliphatic rings. The molecule has 130 valence electrons. The van der Waals surface area contributed by atoms with Crippen LogP contribution in [-0.2, 0) is 0 Å². The molecule has 0 spiro atoms. The van der Waals surface area contributed by atoms with E-state index in [9.17, 15) is 0 Å². The van der Waals surface area contributed by atoms with E-state index in [0.717, 1.165) is 15.6 Å². The van der Waals surface area contributed by atoms with Gasteiger partial charge in [-0.15, -0.1) is 0 Å². The third-order valence-corrected chi connectivity index (χ3v) is 28.8. The second-order valence-corrected chi connectivity index (χ2v) is 32.7. The molecule has 0 unspecified atom stereocenters. The summed E-state index contributed by atoms with van der Waals surface area (Å²) < 4.78 is 8.33. The molecule has 0 bridgehead atoms. The fraction of sp³-hybridized carbons (Fsp3) is 0.143. The van der Waals surface area contributed by atoms with Gasteiger partial charge in [-0.25, -0.2) is 0 Å². The summed E-state index contributed by atoms with van der Waals surface area (Å²) in [7, 11) is 16.7. The Hall–Kier alpha value is -1.08. The van der Waals surface area contributed by atoms with Crippen LogP contribution in [0.4, 0.5) is 0 Å². The summed E-state index contributed by atoms with van der Waals surface area (Å²) in [5.41, 5.74) is 2.38. The zero-order valence-corrected chi connectivity index (χ0v) is 19.5. The molecular weight excluding hydrogens is 548 g/mol. The van der Waals surface area contributed by atoms with Crippen molar-refractivity contribution in [2.24, 2.45) is 0 Å². The average molecular weight is 569 g/mol. The molecule has 4 heteroatoms. The van der Waals surface area contributed by atoms with Crippen molar-refractivity contribution in [3.8, 4) is 5.75 Å². The molecule has 3 aromatic carbocycles. The van der Waals surface area contributed by atoms with Crippen molar-refractivity contribution in [2.75, 3.05) is 7.11 Å². The first-order chi connectivity index (χ1) is 11.8. The Morgan fingerprint density at radius 2 is 0.920 bits per heavy atom. The fourth-order valence-corrected chi connectivity index (χ4v) is 20.2. The van der Waals surface area contributed by atoms with Crippen LogP contribution in [0.15, 0.2) is 72.8 Å². The quantitative estimate of drug-likeness (QED) is 0.429. The first-order valence-electron chi connectivity index (χ1n) is 8.09. The van der Waals surface area contributed by atoms with Crippen molar-refractivity contribution in [3.05, 3.63) is 83.9 Å². The Balaban J connectivity index is 2.29. The third-order valence-electron chi connectivity index (χ3n) is 4.50. The van der Waals surface area contributed by atoms with Gasteiger partial charge in [0.25, 0.3) is 0 Å². The van der Waals surface area contributed by atoms with Crippen LogP contribution < -0.4 is 14.6 Å². The van der Waals surface area contributed by atoms with E-state index in [1.54, 1.807) is 7.11 Å². The summed E-state index contributed by atoms with van der Waals surface area (Å²) in [4.78, 5) is 0. The van der Waals surface area contributed by atoms with Gasteiger partial charge in [-0.2, -0.15) is 0 Å². The van der Waals surface area contributed by atoms with Gasteiger partial charge < -0.3 is 0 Å². The molecule has 0 N–H and O–H groups in total. The van der Waals surface area contributed by atoms with E-state index in [1.165, 1.54) is 11.1 Å². The van der Waals surface area contributed by atoms with Gasteiger partial charge in [-0.05, 0) is 0 Å². The van der Waals surface area contributed by atoms with Gasteiger partial charge in [0.1, 0.15) is 0 Å². The van der Waals surface area contributed by atoms with Crippen LogP contribution in [-0.4, -0.2) is 23.5 Å². The Morgan fingerprint density at radius 3 is 1.24 bits per heavy atom. The monoisotopic (exact) mass is 568 g/mol. The first-order valence-corrected chi connectivity index (χ1v) is 21.9. The number of hydrogen-bond donors (Lipinski definition) is 0. The van der Waals surface area contributed by atoms with Gasteiger partial charge in [0.05, 0.1) is 0 Å². The van der Waals surface area contributed by atoms with E-state index in [-0.39, 0.29) is 0 Å². The molecule has 0 saturated carbocycles. The normalized spacial score (nSPS) is 13.1. The number of rotatable bonds is 4. The maximum atomic E-state index is 7.51. The minimum atomic E-state index is -4.74. The molecule has 0 amide bonds. The van der Waals surface area contributed by atoms with Crippen molar-refractivity contribution >= 4 is 43.2 Å². The van der Waals surface area contributed by atoms with E-state index in [0.29, 0.717) is 0 Å². The second kappa shape index (κ2) is 6.91. The van der Waals surface area contributed by atoms with E-state index in [1.807, 2.05) is 24.3 Å². The number of aryl methyl sites for hydroxylation is 2. The van der Waals surface area contributed by atoms with Gasteiger partial charge in [0, 0.05) is 0 Å². The molecule has 0 fully saturated rings. The van der Waals surface area contributed by atoms with Crippen LogP contribution >= 0.6 is 17.0 Å². The summed E-state index contributed by atoms with van der Waals surface area (Å²) in [6, 6.07) is 24.5. The number of halogens is 2. The molecule has 0 aliphatic carbocycles. The molecule has 3 aromatic rings. The van der Waals surface area contributed by atoms with Crippen molar-refractivity contribution in [1.82, 2.24) is 0 Å². The van der Waals surface area contributed by atoms with E-state index >= 15 is 0 Å². The SMILES string of the molecule is COc1cc[c]([Bi]([Cl])([Cl])([c]2ccc(C)cc2)[c]2ccc(C)cc2)cc1. The molecule has 25 heavy (non-hydrogen) atoms. The molecular formula is C21H21BiCl2O. The summed E-state index contributed by atoms with van der Waals surface area (Å²) in [6.45, 7) is 4.13. The predicted octanol–water partition coefficient (Wildman–Crippen LogP) is 4.21. The molecule has 0 aromatic heterocycles. The van der Waals surface area contributed by atoms with Crippen molar-refractivity contribution in [3.63, 3.8) is 0 Å². The zero-order chi connectivity index (χ0) is 18.1. The molecule has 0 saturated heterocycles. The van der Waals surface area contributed by atoms with Gasteiger partial charge >= 0.3 is 159 Å². The molecule has 0 atom stereocenters. The Kier molecular flexibility index (Phi) is 5.17. The van der Waals surface area contributed by atoms with Crippen LogP contribution in [0.1, 0.15) is 11.1 Å². The standard InChI is InChI=1S/C7H7O.2C7H7.Bi.2ClH/c1-8-7-5-3-2-4-6-7;2*1-7-5-3-2-4-6-7;;;/h3-6H,1H3;2*3-6H,1H3;;2*1H/q;;;+2;;/p-2. The zero-order valence-electron chi connectivity index (χ0n) is 14.5. The maximum absolute atomic E-state index is 7.51. The van der Waals surface area contributed by atoms with Gasteiger partial charge in [0.15, 0.2) is 0 Å². The van der Waals surface area contributed by atoms with Gasteiger partial charge in [-0.1, -0.05) is 0 Å². The summed E-state index contributed by atoms with van der Waals surface area (Å²) in [5.74, 6) is 0.794. The van der Waals surface area contributed by atoms with Gasteiger partial charge in [0.2, 0.25) is 0 Å². The predicted molar refractivity (Wildman–Crippen MR) is 112 cm³/mol. The third kappa shape index (κ3) is 3.33. The molecule has 0 aliphatic heterocycles. The average Bonchev–Trinajstić information content (AvgIpc) is 2.63. The Bertz CT molecular complexity index is 820. The van der Waals surface area contributed by atoms with E-state index < -0.39 is 16.4 Å². The van der Waals surface area contributed by atoms with Crippen LogP contribution in [0.2, 0.25) is 0 Å². The van der Waals surface area contributed by atoms with Gasteiger partial charge in [-0.3, -0.25) is 0 Å². The topological polar surface area (TPSA) is 9.23 Å². The number of benzene rings is 3. The van der Waals surface area contributed by atoms with Crippen LogP contribution in [0, 0.1) is 13.8 Å². The minimum absolute atomic E-state index is 0.794. The summed E-state index contributed by atoms with van der Waals surface area (Å²) in [6.07, 6.45) is 0. The number of hydrogen-bond acceptors (Lipinski definition) is 1. The van der Waals surface area contributed by atoms with Crippen molar-refractivity contribution < 1.29 is 4.74 Å². The molecule has 3 rings (SSSR count). The van der Waals surface area contributed by atoms with Crippen molar-refractivity contribution in [1.29, 1.82) is 0 Å². The van der Waals surface area contributed by atoms with Crippen LogP contribution in [0.5, 0.6) is 5.75 Å². The number of ether oxygens (including phenoxy) is 1. The van der Waals surface area contributed by atoms with Crippen LogP contribution in [0.25, 0.3) is 0 Å². The summed E-state index contributed by atoms with van der Waals surface area (Å²) in [5, 5.41) is 0. The molecule has 0 heterocycles. The number of methoxy groups -OCH3 is 1. The van der Waals surface area contributed by atoms with Crippen molar-refractivity contribution in [2.45, 2.75) is 13.8 Å². The van der Waals surface area contributed by atoms with E-state index in [4.69, 9.17) is 21.8 Å². The molecule has 0 radical (unpaired) electrons. The Morgan fingerprint density at radius 1 is 0.600 bits per heavy atom. The summed E-state index contributed by atoms with van der Waals surface area (Å²) >= 11 is -4.74. The molecule has 1 nitrogen and oxygen atoms in total. The van der Waals surface area contributed by atoms with E-state index in [2.05, 4.69) is 62.4 Å². The van der Waals surface area contributed by atoms with Crippen LogP contribution in [0.3, 0.4) is 0 Å². The first kappa shape index (κ1) is 18.7. The Labute approximate surface area is 157 Å². The second-order valence-electron chi connectivity index (χ2n) is 6.28.